The Morgan fingerprint density at radius 2 is 1.00 bits per heavy atom. The van der Waals surface area contributed by atoms with Crippen molar-refractivity contribution in [2.75, 3.05) is 4.90 Å². The molecule has 7 aromatic carbocycles. The lowest BCUT2D eigenvalue weighted by atomic mass is 10.0. The molecule has 4 nitrogen and oxygen atoms in total. The van der Waals surface area contributed by atoms with E-state index < -0.39 is 0 Å². The summed E-state index contributed by atoms with van der Waals surface area (Å²) in [5.74, 6) is 0. The summed E-state index contributed by atoms with van der Waals surface area (Å²) >= 11 is 0. The zero-order valence-electron chi connectivity index (χ0n) is 27.6. The summed E-state index contributed by atoms with van der Waals surface area (Å²) in [5.41, 5.74) is 12.8. The van der Waals surface area contributed by atoms with E-state index in [4.69, 9.17) is 9.40 Å². The zero-order chi connectivity index (χ0) is 33.7. The van der Waals surface area contributed by atoms with Crippen LogP contribution in [0.4, 0.5) is 17.1 Å². The van der Waals surface area contributed by atoms with Crippen LogP contribution in [-0.2, 0) is 0 Å². The summed E-state index contributed by atoms with van der Waals surface area (Å²) in [6.45, 7) is 0. The normalized spacial score (nSPS) is 11.5. The maximum Gasteiger partial charge on any atom is 0.153 e. The molecule has 3 aromatic heterocycles. The molecule has 0 amide bonds. The minimum absolute atomic E-state index is 0.797. The molecule has 0 N–H and O–H groups in total. The molecule has 0 saturated carbocycles. The van der Waals surface area contributed by atoms with Crippen LogP contribution in [0.15, 0.2) is 193 Å². The SMILES string of the molecule is c1ccc(-c2ccc(N(c3ccc(-c4cc5c(cn4)oc4ccccc45)cc3)c3ccc4c(c3)c3ccccc3n4-c3ccccc3)cc2)cc1. The number of rotatable bonds is 6. The van der Waals surface area contributed by atoms with E-state index in [1.165, 1.54) is 32.9 Å². The maximum absolute atomic E-state index is 6.04. The Balaban J connectivity index is 1.11. The quantitative estimate of drug-likeness (QED) is 0.179. The molecule has 0 bridgehead atoms. The average molecular weight is 654 g/mol. The number of pyridine rings is 1. The van der Waals surface area contributed by atoms with Crippen molar-refractivity contribution in [3.8, 4) is 28.1 Å². The van der Waals surface area contributed by atoms with Crippen molar-refractivity contribution in [3.63, 3.8) is 0 Å². The fraction of sp³-hybridized carbons (Fsp3) is 0. The second-order valence-electron chi connectivity index (χ2n) is 12.8. The van der Waals surface area contributed by atoms with Gasteiger partial charge in [0.05, 0.1) is 22.9 Å². The summed E-state index contributed by atoms with van der Waals surface area (Å²) in [4.78, 5) is 7.12. The van der Waals surface area contributed by atoms with Crippen LogP contribution in [0.1, 0.15) is 0 Å². The third kappa shape index (κ3) is 4.96. The van der Waals surface area contributed by atoms with Crippen molar-refractivity contribution in [2.24, 2.45) is 0 Å². The van der Waals surface area contributed by atoms with Gasteiger partial charge in [-0.3, -0.25) is 4.98 Å². The second kappa shape index (κ2) is 11.9. The number of hydrogen-bond donors (Lipinski definition) is 0. The molecule has 51 heavy (non-hydrogen) atoms. The fourth-order valence-electron chi connectivity index (χ4n) is 7.41. The zero-order valence-corrected chi connectivity index (χ0v) is 27.6. The third-order valence-corrected chi connectivity index (χ3v) is 9.85. The molecule has 0 unspecified atom stereocenters. The lowest BCUT2D eigenvalue weighted by molar-refractivity contribution is 0.667. The summed E-state index contributed by atoms with van der Waals surface area (Å²) in [7, 11) is 0. The lowest BCUT2D eigenvalue weighted by Gasteiger charge is -2.26. The van der Waals surface area contributed by atoms with Crippen molar-refractivity contribution in [3.05, 3.63) is 188 Å². The van der Waals surface area contributed by atoms with Crippen molar-refractivity contribution in [2.45, 2.75) is 0 Å². The Labute approximate surface area is 295 Å². The molecule has 0 aliphatic carbocycles. The number of hydrogen-bond acceptors (Lipinski definition) is 3. The van der Waals surface area contributed by atoms with Crippen LogP contribution >= 0.6 is 0 Å². The van der Waals surface area contributed by atoms with Crippen molar-refractivity contribution >= 4 is 60.8 Å². The van der Waals surface area contributed by atoms with Gasteiger partial charge in [-0.25, -0.2) is 0 Å². The standard InChI is InChI=1S/C47H31N3O/c1-3-11-32(12-4-1)33-19-23-36(24-20-33)49(37-25-21-34(22-26-37)43-30-42-40-16-8-10-18-46(40)51-47(42)31-48-43)38-27-28-45-41(29-38)39-15-7-9-17-44(39)50(45)35-13-5-2-6-14-35/h1-31H. The first-order valence-electron chi connectivity index (χ1n) is 17.2. The first-order chi connectivity index (χ1) is 25.3. The Morgan fingerprint density at radius 1 is 0.412 bits per heavy atom. The van der Waals surface area contributed by atoms with Crippen LogP contribution < -0.4 is 4.90 Å². The van der Waals surface area contributed by atoms with Crippen LogP contribution in [0.5, 0.6) is 0 Å². The molecule has 0 aliphatic rings. The van der Waals surface area contributed by atoms with Crippen molar-refractivity contribution in [1.82, 2.24) is 9.55 Å². The highest BCUT2D eigenvalue weighted by molar-refractivity contribution is 6.11. The highest BCUT2D eigenvalue weighted by Crippen LogP contribution is 2.41. The number of aromatic nitrogens is 2. The first kappa shape index (κ1) is 29.0. The molecule has 0 fully saturated rings. The van der Waals surface area contributed by atoms with Crippen molar-refractivity contribution in [1.29, 1.82) is 0 Å². The maximum atomic E-state index is 6.04. The molecular weight excluding hydrogens is 623 g/mol. The van der Waals surface area contributed by atoms with Gasteiger partial charge in [-0.05, 0) is 83.9 Å². The van der Waals surface area contributed by atoms with Crippen LogP contribution in [-0.4, -0.2) is 9.55 Å². The molecule has 0 spiro atoms. The molecular formula is C47H31N3O. The number of para-hydroxylation sites is 3. The molecule has 240 valence electrons. The third-order valence-electron chi connectivity index (χ3n) is 9.85. The predicted molar refractivity (Wildman–Crippen MR) is 211 cm³/mol. The van der Waals surface area contributed by atoms with Gasteiger partial charge in [0.2, 0.25) is 0 Å². The van der Waals surface area contributed by atoms with E-state index in [2.05, 4.69) is 173 Å². The molecule has 4 heteroatoms. The Hall–Kier alpha value is -6.91. The molecule has 0 atom stereocenters. The average Bonchev–Trinajstić information content (AvgIpc) is 3.74. The van der Waals surface area contributed by atoms with E-state index in [0.717, 1.165) is 55.9 Å². The van der Waals surface area contributed by atoms with Gasteiger partial charge in [-0.1, -0.05) is 109 Å². The molecule has 10 rings (SSSR count). The van der Waals surface area contributed by atoms with E-state index in [9.17, 15) is 0 Å². The van der Waals surface area contributed by atoms with Gasteiger partial charge >= 0.3 is 0 Å². The number of benzene rings is 7. The molecule has 3 heterocycles. The Morgan fingerprint density at radius 3 is 1.76 bits per heavy atom. The number of furan rings is 1. The minimum Gasteiger partial charge on any atom is -0.454 e. The lowest BCUT2D eigenvalue weighted by Crippen LogP contribution is -2.10. The number of nitrogens with zero attached hydrogens (tertiary/aromatic N) is 3. The highest BCUT2D eigenvalue weighted by Gasteiger charge is 2.18. The highest BCUT2D eigenvalue weighted by atomic mass is 16.3. The largest absolute Gasteiger partial charge is 0.454 e. The van der Waals surface area contributed by atoms with Crippen LogP contribution in [0.25, 0.3) is 71.8 Å². The topological polar surface area (TPSA) is 34.2 Å². The molecule has 0 radical (unpaired) electrons. The predicted octanol–water partition coefficient (Wildman–Crippen LogP) is 12.9. The minimum atomic E-state index is 0.797. The summed E-state index contributed by atoms with van der Waals surface area (Å²) < 4.78 is 8.40. The monoisotopic (exact) mass is 653 g/mol. The van der Waals surface area contributed by atoms with Crippen LogP contribution in [0.3, 0.4) is 0 Å². The van der Waals surface area contributed by atoms with Gasteiger partial charge in [0.25, 0.3) is 0 Å². The Kier molecular flexibility index (Phi) is 6.78. The molecule has 0 aliphatic heterocycles. The summed E-state index contributed by atoms with van der Waals surface area (Å²) in [6.07, 6.45) is 1.83. The van der Waals surface area contributed by atoms with E-state index >= 15 is 0 Å². The molecule has 10 aromatic rings. The van der Waals surface area contributed by atoms with Gasteiger partial charge in [-0.15, -0.1) is 0 Å². The first-order valence-corrected chi connectivity index (χ1v) is 17.2. The summed E-state index contributed by atoms with van der Waals surface area (Å²) in [5, 5.41) is 4.60. The van der Waals surface area contributed by atoms with Gasteiger partial charge in [0.1, 0.15) is 5.58 Å². The van der Waals surface area contributed by atoms with Gasteiger partial charge < -0.3 is 13.9 Å². The van der Waals surface area contributed by atoms with Crippen LogP contribution in [0.2, 0.25) is 0 Å². The second-order valence-corrected chi connectivity index (χ2v) is 12.8. The Bertz CT molecular complexity index is 2830. The van der Waals surface area contributed by atoms with E-state index in [1.54, 1.807) is 0 Å². The smallest absolute Gasteiger partial charge is 0.153 e. The van der Waals surface area contributed by atoms with Gasteiger partial charge in [-0.2, -0.15) is 0 Å². The molecule has 0 saturated heterocycles. The fourth-order valence-corrected chi connectivity index (χ4v) is 7.41. The number of anilines is 3. The van der Waals surface area contributed by atoms with Crippen LogP contribution in [0, 0.1) is 0 Å². The van der Waals surface area contributed by atoms with E-state index in [-0.39, 0.29) is 0 Å². The van der Waals surface area contributed by atoms with Gasteiger partial charge in [0, 0.05) is 49.9 Å². The summed E-state index contributed by atoms with van der Waals surface area (Å²) in [6, 6.07) is 64.5. The van der Waals surface area contributed by atoms with Crippen molar-refractivity contribution < 1.29 is 4.42 Å². The van der Waals surface area contributed by atoms with E-state index in [1.807, 2.05) is 24.4 Å². The van der Waals surface area contributed by atoms with E-state index in [0.29, 0.717) is 0 Å². The van der Waals surface area contributed by atoms with Gasteiger partial charge in [0.15, 0.2) is 5.58 Å². The number of fused-ring (bicyclic) bond motifs is 6.